The maximum absolute atomic E-state index is 14.4. The molecule has 3 rings (SSSR count). The molecule has 3 saturated heterocycles. The van der Waals surface area contributed by atoms with Crippen molar-refractivity contribution < 1.29 is 24.2 Å². The molecule has 3 heterocycles. The molecule has 1 spiro atoms. The molecule has 214 valence electrons. The van der Waals surface area contributed by atoms with Crippen LogP contribution in [0.25, 0.3) is 0 Å². The van der Waals surface area contributed by atoms with Gasteiger partial charge in [0.05, 0.1) is 23.2 Å². The lowest BCUT2D eigenvalue weighted by molar-refractivity contribution is -0.155. The number of carbonyl (C=O) groups excluding carboxylic acids is 3. The number of hydrogen-bond acceptors (Lipinski definition) is 6. The van der Waals surface area contributed by atoms with Crippen molar-refractivity contribution in [3.63, 3.8) is 0 Å². The first-order valence-corrected chi connectivity index (χ1v) is 15.3. The van der Waals surface area contributed by atoms with E-state index in [2.05, 4.69) is 33.9 Å². The topological polar surface area (TPSA) is 87.1 Å². The van der Waals surface area contributed by atoms with Gasteiger partial charge in [-0.3, -0.25) is 14.4 Å². The van der Waals surface area contributed by atoms with Crippen molar-refractivity contribution in [2.24, 2.45) is 11.8 Å². The predicted molar refractivity (Wildman–Crippen MR) is 153 cm³/mol. The first-order valence-electron chi connectivity index (χ1n) is 14.5. The summed E-state index contributed by atoms with van der Waals surface area (Å²) in [5, 5.41) is 9.24. The number of likely N-dealkylation sites (tertiary alicyclic amines) is 1. The number of esters is 1. The molecule has 3 unspecified atom stereocenters. The molecule has 3 aliphatic rings. The fraction of sp³-hybridized carbons (Fsp3) is 0.767. The average Bonchev–Trinajstić information content (AvgIpc) is 3.45. The van der Waals surface area contributed by atoms with Gasteiger partial charge in [0.25, 0.3) is 0 Å². The zero-order chi connectivity index (χ0) is 27.9. The quantitative estimate of drug-likeness (QED) is 0.161. The van der Waals surface area contributed by atoms with Crippen LogP contribution in [-0.2, 0) is 19.1 Å². The lowest BCUT2D eigenvalue weighted by Crippen LogP contribution is -2.56. The Balaban J connectivity index is 1.93. The number of unbranched alkanes of at least 4 members (excludes halogenated alkanes) is 4. The summed E-state index contributed by atoms with van der Waals surface area (Å²) in [6, 6.07) is -0.576. The zero-order valence-corrected chi connectivity index (χ0v) is 24.5. The van der Waals surface area contributed by atoms with Gasteiger partial charge in [-0.2, -0.15) is 0 Å². The molecule has 7 nitrogen and oxygen atoms in total. The fourth-order valence-electron chi connectivity index (χ4n) is 6.88. The third-order valence-corrected chi connectivity index (χ3v) is 10.7. The van der Waals surface area contributed by atoms with Crippen LogP contribution < -0.4 is 0 Å². The number of rotatable bonds is 17. The number of ether oxygens (including phenoxy) is 1. The van der Waals surface area contributed by atoms with Crippen molar-refractivity contribution in [3.8, 4) is 0 Å². The highest BCUT2D eigenvalue weighted by Gasteiger charge is 2.77. The van der Waals surface area contributed by atoms with E-state index in [0.29, 0.717) is 32.5 Å². The lowest BCUT2D eigenvalue weighted by atomic mass is 9.66. The van der Waals surface area contributed by atoms with Crippen molar-refractivity contribution in [2.45, 2.75) is 107 Å². The molecule has 6 atom stereocenters. The molecule has 38 heavy (non-hydrogen) atoms. The van der Waals surface area contributed by atoms with Crippen LogP contribution >= 0.6 is 11.8 Å². The molecule has 3 fully saturated rings. The minimum atomic E-state index is -0.627. The predicted octanol–water partition coefficient (Wildman–Crippen LogP) is 4.73. The van der Waals surface area contributed by atoms with E-state index in [1.165, 1.54) is 0 Å². The first kappa shape index (κ1) is 30.7. The van der Waals surface area contributed by atoms with Crippen LogP contribution in [0.5, 0.6) is 0 Å². The van der Waals surface area contributed by atoms with Gasteiger partial charge >= 0.3 is 5.97 Å². The largest absolute Gasteiger partial charge is 0.465 e. The summed E-state index contributed by atoms with van der Waals surface area (Å²) >= 11 is 1.69. The van der Waals surface area contributed by atoms with E-state index in [0.717, 1.165) is 51.4 Å². The summed E-state index contributed by atoms with van der Waals surface area (Å²) in [5.41, 5.74) is 0. The molecule has 0 aliphatic carbocycles. The third-order valence-electron chi connectivity index (χ3n) is 8.72. The number of thioether (sulfide) groups is 1. The van der Waals surface area contributed by atoms with Gasteiger partial charge in [0.2, 0.25) is 11.8 Å². The van der Waals surface area contributed by atoms with E-state index in [4.69, 9.17) is 4.74 Å². The van der Waals surface area contributed by atoms with Crippen LogP contribution in [0, 0.1) is 11.8 Å². The van der Waals surface area contributed by atoms with Gasteiger partial charge in [0.1, 0.15) is 6.04 Å². The van der Waals surface area contributed by atoms with Crippen molar-refractivity contribution in [1.29, 1.82) is 0 Å². The molecular formula is C30H48N2O5S. The molecule has 0 aromatic rings. The van der Waals surface area contributed by atoms with Crippen LogP contribution in [0.2, 0.25) is 0 Å². The van der Waals surface area contributed by atoms with E-state index < -0.39 is 27.4 Å². The Morgan fingerprint density at radius 3 is 2.63 bits per heavy atom. The minimum absolute atomic E-state index is 0.0287. The summed E-state index contributed by atoms with van der Waals surface area (Å²) < 4.78 is 4.70. The van der Waals surface area contributed by atoms with E-state index in [1.54, 1.807) is 22.7 Å². The molecule has 3 aliphatic heterocycles. The van der Waals surface area contributed by atoms with E-state index in [-0.39, 0.29) is 30.4 Å². The van der Waals surface area contributed by atoms with Gasteiger partial charge in [0.15, 0.2) is 0 Å². The van der Waals surface area contributed by atoms with Gasteiger partial charge < -0.3 is 19.6 Å². The van der Waals surface area contributed by atoms with Crippen molar-refractivity contribution in [1.82, 2.24) is 9.80 Å². The molecular weight excluding hydrogens is 500 g/mol. The third kappa shape index (κ3) is 5.86. The van der Waals surface area contributed by atoms with Crippen LogP contribution in [0.3, 0.4) is 0 Å². The number of fused-ring (bicyclic) bond motifs is 1. The monoisotopic (exact) mass is 548 g/mol. The summed E-state index contributed by atoms with van der Waals surface area (Å²) in [7, 11) is 0. The Morgan fingerprint density at radius 1 is 1.21 bits per heavy atom. The molecule has 0 radical (unpaired) electrons. The number of allylic oxidation sites excluding steroid dienone is 1. The molecule has 0 aromatic carbocycles. The number of amides is 2. The van der Waals surface area contributed by atoms with E-state index in [9.17, 15) is 19.5 Å². The molecule has 2 bridgehead atoms. The van der Waals surface area contributed by atoms with Crippen LogP contribution in [0.4, 0.5) is 0 Å². The SMILES string of the molecule is C=CCCCCOC(=O)[C@@H]1[C@H]2C(=O)N(CCCCCO)C(C(=O)N(CC=C)C(C)CCC)C23CC[C@@]1(C)S3. The Kier molecular flexibility index (Phi) is 10.9. The van der Waals surface area contributed by atoms with Crippen LogP contribution in [-0.4, -0.2) is 80.6 Å². The lowest BCUT2D eigenvalue weighted by Gasteiger charge is -2.39. The van der Waals surface area contributed by atoms with Crippen LogP contribution in [0.1, 0.15) is 85.0 Å². The minimum Gasteiger partial charge on any atom is -0.465 e. The molecule has 0 saturated carbocycles. The second-order valence-corrected chi connectivity index (χ2v) is 13.3. The van der Waals surface area contributed by atoms with Crippen molar-refractivity contribution in [3.05, 3.63) is 25.3 Å². The summed E-state index contributed by atoms with van der Waals surface area (Å²) in [4.78, 5) is 45.7. The van der Waals surface area contributed by atoms with Crippen molar-refractivity contribution in [2.75, 3.05) is 26.3 Å². The van der Waals surface area contributed by atoms with Gasteiger partial charge in [0, 0.05) is 30.5 Å². The summed E-state index contributed by atoms with van der Waals surface area (Å²) in [5.74, 6) is -1.51. The zero-order valence-electron chi connectivity index (χ0n) is 23.7. The Bertz CT molecular complexity index is 881. The number of aliphatic hydroxyl groups is 1. The Morgan fingerprint density at radius 2 is 1.97 bits per heavy atom. The molecule has 8 heteroatoms. The van der Waals surface area contributed by atoms with Gasteiger partial charge in [-0.25, -0.2) is 0 Å². The summed E-state index contributed by atoms with van der Waals surface area (Å²) in [6.07, 6.45) is 11.7. The molecule has 2 amide bonds. The van der Waals surface area contributed by atoms with Gasteiger partial charge in [-0.15, -0.1) is 24.9 Å². The van der Waals surface area contributed by atoms with E-state index >= 15 is 0 Å². The second-order valence-electron chi connectivity index (χ2n) is 11.4. The highest BCUT2D eigenvalue weighted by atomic mass is 32.2. The average molecular weight is 549 g/mol. The maximum Gasteiger partial charge on any atom is 0.311 e. The Labute approximate surface area is 233 Å². The fourth-order valence-corrected chi connectivity index (χ4v) is 9.22. The first-order chi connectivity index (χ1) is 18.2. The smallest absolute Gasteiger partial charge is 0.311 e. The van der Waals surface area contributed by atoms with Crippen LogP contribution in [0.15, 0.2) is 25.3 Å². The second kappa shape index (κ2) is 13.5. The standard InChI is InChI=1S/C30H48N2O5S/c1-6-9-10-14-21-37-28(36)24-23-26(34)32(19-12-11-13-20-33)25(30(23)17-16-29(24,5)38-30)27(35)31(18-8-3)22(4)15-7-2/h6,8,22-25,33H,1,3,7,9-21H2,2,4-5H3/t22?,23-,24-,25?,29+,30?/m0/s1. The molecule has 1 N–H and O–H groups in total. The maximum atomic E-state index is 14.4. The number of hydrogen-bond donors (Lipinski definition) is 1. The van der Waals surface area contributed by atoms with Gasteiger partial charge in [-0.1, -0.05) is 25.5 Å². The molecule has 0 aromatic heterocycles. The number of nitrogens with zero attached hydrogens (tertiary/aromatic N) is 2. The van der Waals surface area contributed by atoms with Crippen molar-refractivity contribution >= 4 is 29.5 Å². The normalized spacial score (nSPS) is 30.3. The highest BCUT2D eigenvalue weighted by Crippen LogP contribution is 2.71. The summed E-state index contributed by atoms with van der Waals surface area (Å²) in [6.45, 7) is 15.2. The van der Waals surface area contributed by atoms with E-state index in [1.807, 2.05) is 11.0 Å². The number of carbonyl (C=O) groups is 3. The Hall–Kier alpha value is -1.80. The highest BCUT2D eigenvalue weighted by molar-refractivity contribution is 8.02. The van der Waals surface area contributed by atoms with Gasteiger partial charge in [-0.05, 0) is 71.6 Å². The number of aliphatic hydroxyl groups excluding tert-OH is 1.